The molecule has 0 bridgehead atoms. The Labute approximate surface area is 90.7 Å². The minimum absolute atomic E-state index is 0.205. The number of amides is 1. The van der Waals surface area contributed by atoms with E-state index in [-0.39, 0.29) is 6.09 Å². The average molecular weight is 207 g/mol. The summed E-state index contributed by atoms with van der Waals surface area (Å²) in [4.78, 5) is 12.7. The standard InChI is InChI=1S/C10H11NO2.C2H6/c12-10(11-6-7-11)13-8-9-4-2-1-3-5-9;1-2/h1-5H,6-8H2;1-2H3. The smallest absolute Gasteiger partial charge is 0.410 e. The molecule has 1 aromatic rings. The van der Waals surface area contributed by atoms with E-state index in [0.717, 1.165) is 18.7 Å². The average Bonchev–Trinajstić information content (AvgIpc) is 3.14. The highest BCUT2D eigenvalue weighted by Gasteiger charge is 2.25. The van der Waals surface area contributed by atoms with Gasteiger partial charge in [0.05, 0.1) is 0 Å². The summed E-state index contributed by atoms with van der Waals surface area (Å²) >= 11 is 0. The summed E-state index contributed by atoms with van der Waals surface area (Å²) in [7, 11) is 0. The van der Waals surface area contributed by atoms with Crippen LogP contribution in [0.2, 0.25) is 0 Å². The normalized spacial score (nSPS) is 12.5. The zero-order valence-corrected chi connectivity index (χ0v) is 9.27. The molecule has 2 rings (SSSR count). The summed E-state index contributed by atoms with van der Waals surface area (Å²) in [6.45, 7) is 6.05. The lowest BCUT2D eigenvalue weighted by Gasteiger charge is -2.04. The zero-order valence-electron chi connectivity index (χ0n) is 9.27. The van der Waals surface area contributed by atoms with Crippen LogP contribution in [0.3, 0.4) is 0 Å². The van der Waals surface area contributed by atoms with E-state index in [1.165, 1.54) is 0 Å². The van der Waals surface area contributed by atoms with Gasteiger partial charge in [-0.3, -0.25) is 0 Å². The van der Waals surface area contributed by atoms with Gasteiger partial charge >= 0.3 is 6.09 Å². The van der Waals surface area contributed by atoms with Crippen molar-refractivity contribution in [1.29, 1.82) is 0 Å². The molecule has 0 saturated carbocycles. The minimum Gasteiger partial charge on any atom is -0.445 e. The summed E-state index contributed by atoms with van der Waals surface area (Å²) < 4.78 is 5.04. The third-order valence-corrected chi connectivity index (χ3v) is 1.91. The molecule has 1 aliphatic rings. The van der Waals surface area contributed by atoms with Crippen LogP contribution in [0, 0.1) is 0 Å². The predicted molar refractivity (Wildman–Crippen MR) is 59.5 cm³/mol. The Bertz CT molecular complexity index is 294. The summed E-state index contributed by atoms with van der Waals surface area (Å²) in [6, 6.07) is 9.68. The van der Waals surface area contributed by atoms with Gasteiger partial charge in [0.2, 0.25) is 0 Å². The second-order valence-corrected chi connectivity index (χ2v) is 3.03. The largest absolute Gasteiger partial charge is 0.445 e. The molecule has 3 nitrogen and oxygen atoms in total. The Morgan fingerprint density at radius 1 is 1.27 bits per heavy atom. The van der Waals surface area contributed by atoms with Gasteiger partial charge in [-0.15, -0.1) is 0 Å². The van der Waals surface area contributed by atoms with Gasteiger partial charge in [-0.05, 0) is 5.56 Å². The van der Waals surface area contributed by atoms with E-state index < -0.39 is 0 Å². The number of ether oxygens (including phenoxy) is 1. The number of benzene rings is 1. The molecule has 82 valence electrons. The van der Waals surface area contributed by atoms with Crippen molar-refractivity contribution in [2.45, 2.75) is 20.5 Å². The molecule has 0 unspecified atom stereocenters. The highest BCUT2D eigenvalue weighted by Crippen LogP contribution is 2.08. The van der Waals surface area contributed by atoms with E-state index in [9.17, 15) is 4.79 Å². The third kappa shape index (κ3) is 4.02. The Morgan fingerprint density at radius 2 is 1.87 bits per heavy atom. The monoisotopic (exact) mass is 207 g/mol. The number of rotatable bonds is 2. The molecule has 15 heavy (non-hydrogen) atoms. The van der Waals surface area contributed by atoms with Crippen LogP contribution in [0.4, 0.5) is 4.79 Å². The molecule has 1 fully saturated rings. The van der Waals surface area contributed by atoms with Crippen molar-refractivity contribution in [2.75, 3.05) is 13.1 Å². The predicted octanol–water partition coefficient (Wildman–Crippen LogP) is 2.67. The van der Waals surface area contributed by atoms with Gasteiger partial charge in [0, 0.05) is 13.1 Å². The fourth-order valence-corrected chi connectivity index (χ4v) is 1.04. The fraction of sp³-hybridized carbons (Fsp3) is 0.417. The first kappa shape index (κ1) is 11.6. The second kappa shape index (κ2) is 6.06. The summed E-state index contributed by atoms with van der Waals surface area (Å²) in [6.07, 6.45) is -0.205. The van der Waals surface area contributed by atoms with Gasteiger partial charge in [0.15, 0.2) is 0 Å². The lowest BCUT2D eigenvalue weighted by molar-refractivity contribution is 0.125. The Kier molecular flexibility index (Phi) is 4.68. The molecule has 1 saturated heterocycles. The molecule has 0 radical (unpaired) electrons. The molecule has 0 atom stereocenters. The van der Waals surface area contributed by atoms with E-state index in [1.54, 1.807) is 4.90 Å². The van der Waals surface area contributed by atoms with Gasteiger partial charge < -0.3 is 9.64 Å². The topological polar surface area (TPSA) is 29.3 Å². The molecular formula is C12H17NO2. The summed E-state index contributed by atoms with van der Waals surface area (Å²) in [5.74, 6) is 0. The number of carbonyl (C=O) groups excluding carboxylic acids is 1. The molecule has 1 heterocycles. The van der Waals surface area contributed by atoms with Crippen LogP contribution in [0.5, 0.6) is 0 Å². The molecule has 0 N–H and O–H groups in total. The van der Waals surface area contributed by atoms with Crippen LogP contribution < -0.4 is 0 Å². The van der Waals surface area contributed by atoms with Crippen molar-refractivity contribution in [2.24, 2.45) is 0 Å². The Hall–Kier alpha value is -1.51. The quantitative estimate of drug-likeness (QED) is 0.698. The summed E-state index contributed by atoms with van der Waals surface area (Å²) in [5.41, 5.74) is 1.03. The summed E-state index contributed by atoms with van der Waals surface area (Å²) in [5, 5.41) is 0. The highest BCUT2D eigenvalue weighted by atomic mass is 16.6. The third-order valence-electron chi connectivity index (χ3n) is 1.91. The molecule has 0 aliphatic carbocycles. The lowest BCUT2D eigenvalue weighted by Crippen LogP contribution is -2.12. The minimum atomic E-state index is -0.205. The first-order chi connectivity index (χ1) is 7.36. The van der Waals surface area contributed by atoms with Crippen LogP contribution in [-0.4, -0.2) is 24.1 Å². The van der Waals surface area contributed by atoms with Gasteiger partial charge in [-0.25, -0.2) is 4.79 Å². The van der Waals surface area contributed by atoms with Crippen molar-refractivity contribution < 1.29 is 9.53 Å². The first-order valence-corrected chi connectivity index (χ1v) is 5.32. The van der Waals surface area contributed by atoms with Gasteiger partial charge in [-0.1, -0.05) is 44.2 Å². The van der Waals surface area contributed by atoms with Crippen molar-refractivity contribution >= 4 is 6.09 Å². The number of hydrogen-bond donors (Lipinski definition) is 0. The van der Waals surface area contributed by atoms with Crippen molar-refractivity contribution in [1.82, 2.24) is 4.90 Å². The van der Waals surface area contributed by atoms with Crippen molar-refractivity contribution in [3.8, 4) is 0 Å². The molecule has 1 aromatic carbocycles. The van der Waals surface area contributed by atoms with Gasteiger partial charge in [-0.2, -0.15) is 0 Å². The maximum Gasteiger partial charge on any atom is 0.410 e. The van der Waals surface area contributed by atoms with Gasteiger partial charge in [0.25, 0.3) is 0 Å². The Morgan fingerprint density at radius 3 is 2.40 bits per heavy atom. The molecule has 0 aromatic heterocycles. The fourth-order valence-electron chi connectivity index (χ4n) is 1.04. The highest BCUT2D eigenvalue weighted by molar-refractivity contribution is 5.69. The second-order valence-electron chi connectivity index (χ2n) is 3.03. The molecule has 0 spiro atoms. The molecule has 1 aliphatic heterocycles. The van der Waals surface area contributed by atoms with E-state index in [4.69, 9.17) is 4.74 Å². The van der Waals surface area contributed by atoms with E-state index >= 15 is 0 Å². The van der Waals surface area contributed by atoms with Crippen molar-refractivity contribution in [3.63, 3.8) is 0 Å². The van der Waals surface area contributed by atoms with Crippen LogP contribution in [0.1, 0.15) is 19.4 Å². The maximum absolute atomic E-state index is 11.1. The first-order valence-electron chi connectivity index (χ1n) is 5.32. The van der Waals surface area contributed by atoms with Crippen LogP contribution >= 0.6 is 0 Å². The number of carbonyl (C=O) groups is 1. The van der Waals surface area contributed by atoms with Crippen LogP contribution in [0.25, 0.3) is 0 Å². The zero-order chi connectivity index (χ0) is 11.1. The van der Waals surface area contributed by atoms with Gasteiger partial charge in [0.1, 0.15) is 6.61 Å². The van der Waals surface area contributed by atoms with Crippen molar-refractivity contribution in [3.05, 3.63) is 35.9 Å². The van der Waals surface area contributed by atoms with Crippen LogP contribution in [-0.2, 0) is 11.3 Å². The van der Waals surface area contributed by atoms with E-state index in [1.807, 2.05) is 44.2 Å². The Balaban J connectivity index is 0.000000531. The maximum atomic E-state index is 11.1. The number of nitrogens with zero attached hydrogens (tertiary/aromatic N) is 1. The lowest BCUT2D eigenvalue weighted by atomic mass is 10.2. The molecular weight excluding hydrogens is 190 g/mol. The van der Waals surface area contributed by atoms with E-state index in [0.29, 0.717) is 6.61 Å². The SMILES string of the molecule is CC.O=C(OCc1ccccc1)N1CC1. The number of hydrogen-bond acceptors (Lipinski definition) is 2. The van der Waals surface area contributed by atoms with E-state index in [2.05, 4.69) is 0 Å². The van der Waals surface area contributed by atoms with Crippen LogP contribution in [0.15, 0.2) is 30.3 Å². The molecule has 3 heteroatoms. The molecule has 1 amide bonds.